The Kier molecular flexibility index (Phi) is 6.30. The highest BCUT2D eigenvalue weighted by Crippen LogP contribution is 2.36. The molecule has 2 aromatic heterocycles. The molecule has 0 amide bonds. The first kappa shape index (κ1) is 22.9. The van der Waals surface area contributed by atoms with Crippen LogP contribution in [0, 0.1) is 17.5 Å². The molecule has 0 aliphatic heterocycles. The molecular formula is C23H27F3N6O2. The van der Waals surface area contributed by atoms with Crippen LogP contribution in [0.1, 0.15) is 57.4 Å². The molecule has 0 unspecified atom stereocenters. The van der Waals surface area contributed by atoms with Gasteiger partial charge in [-0.25, -0.2) is 23.1 Å². The lowest BCUT2D eigenvalue weighted by molar-refractivity contribution is 0.112. The van der Waals surface area contributed by atoms with E-state index in [1.165, 1.54) is 0 Å². The van der Waals surface area contributed by atoms with Gasteiger partial charge in [0.25, 0.3) is 0 Å². The van der Waals surface area contributed by atoms with E-state index in [9.17, 15) is 23.4 Å². The second-order valence-electron chi connectivity index (χ2n) is 9.19. The molecule has 34 heavy (non-hydrogen) atoms. The fraction of sp³-hybridized carbons (Fsp3) is 0.522. The number of halogens is 3. The second-order valence-corrected chi connectivity index (χ2v) is 9.19. The fourth-order valence-corrected chi connectivity index (χ4v) is 4.89. The number of imidazole rings is 1. The first-order chi connectivity index (χ1) is 16.4. The number of aliphatic hydroxyl groups is 2. The van der Waals surface area contributed by atoms with Gasteiger partial charge in [-0.3, -0.25) is 4.57 Å². The Balaban J connectivity index is 1.51. The summed E-state index contributed by atoms with van der Waals surface area (Å²) >= 11 is 0. The third-order valence-electron chi connectivity index (χ3n) is 6.74. The van der Waals surface area contributed by atoms with Gasteiger partial charge in [0.05, 0.1) is 18.4 Å². The normalized spacial score (nSPS) is 25.4. The van der Waals surface area contributed by atoms with Crippen molar-refractivity contribution in [2.24, 2.45) is 0 Å². The summed E-state index contributed by atoms with van der Waals surface area (Å²) < 4.78 is 43.9. The van der Waals surface area contributed by atoms with Crippen LogP contribution in [0.5, 0.6) is 0 Å². The highest BCUT2D eigenvalue weighted by atomic mass is 19.1. The molecule has 11 heteroatoms. The van der Waals surface area contributed by atoms with Gasteiger partial charge in [-0.15, -0.1) is 0 Å². The summed E-state index contributed by atoms with van der Waals surface area (Å²) in [6.07, 6.45) is 6.39. The van der Waals surface area contributed by atoms with Crippen molar-refractivity contribution >= 4 is 28.7 Å². The van der Waals surface area contributed by atoms with Crippen molar-refractivity contribution in [3.63, 3.8) is 0 Å². The van der Waals surface area contributed by atoms with Crippen LogP contribution in [0.3, 0.4) is 0 Å². The lowest BCUT2D eigenvalue weighted by Gasteiger charge is -2.28. The molecular weight excluding hydrogens is 449 g/mol. The van der Waals surface area contributed by atoms with Gasteiger partial charge < -0.3 is 20.8 Å². The highest BCUT2D eigenvalue weighted by molar-refractivity contribution is 5.76. The van der Waals surface area contributed by atoms with E-state index in [0.29, 0.717) is 67.8 Å². The van der Waals surface area contributed by atoms with E-state index < -0.39 is 23.1 Å². The topological polar surface area (TPSA) is 108 Å². The van der Waals surface area contributed by atoms with Gasteiger partial charge in [-0.1, -0.05) is 0 Å². The molecule has 2 heterocycles. The number of aliphatic hydroxyl groups excluding tert-OH is 2. The standard InChI is InChI=1S/C23H27F3N6O2/c24-12-9-17(25)20(18(26)10-12)30-23-29-19-11-27-22(28-13-1-5-15(33)6-2-13)31-21(19)32(23)14-3-7-16(34)8-4-14/h9-11,13-16,33-34H,1-8H2,(H,29,30)(H,27,28,31)/t13-,14?,15-,16?. The molecule has 2 saturated carbocycles. The van der Waals surface area contributed by atoms with Crippen molar-refractivity contribution < 1.29 is 23.4 Å². The minimum absolute atomic E-state index is 0.102. The summed E-state index contributed by atoms with van der Waals surface area (Å²) in [5, 5.41) is 25.7. The highest BCUT2D eigenvalue weighted by Gasteiger charge is 2.27. The van der Waals surface area contributed by atoms with Gasteiger partial charge in [-0.05, 0) is 51.4 Å². The Morgan fingerprint density at radius 2 is 1.47 bits per heavy atom. The van der Waals surface area contributed by atoms with Gasteiger partial charge >= 0.3 is 0 Å². The van der Waals surface area contributed by atoms with Crippen LogP contribution < -0.4 is 10.6 Å². The fourth-order valence-electron chi connectivity index (χ4n) is 4.89. The molecule has 0 radical (unpaired) electrons. The number of nitrogens with one attached hydrogen (secondary N) is 2. The predicted octanol–water partition coefficient (Wildman–Crippen LogP) is 4.18. The van der Waals surface area contributed by atoms with Crippen LogP contribution in [0.15, 0.2) is 18.3 Å². The molecule has 2 aliphatic carbocycles. The molecule has 2 aliphatic rings. The van der Waals surface area contributed by atoms with Crippen LogP contribution in [-0.2, 0) is 0 Å². The van der Waals surface area contributed by atoms with Crippen LogP contribution in [-0.4, -0.2) is 48.0 Å². The van der Waals surface area contributed by atoms with E-state index in [0.717, 1.165) is 12.8 Å². The summed E-state index contributed by atoms with van der Waals surface area (Å²) in [6.45, 7) is 0. The maximum absolute atomic E-state index is 14.4. The van der Waals surface area contributed by atoms with Crippen molar-refractivity contribution in [3.8, 4) is 0 Å². The van der Waals surface area contributed by atoms with Crippen molar-refractivity contribution in [2.45, 2.75) is 75.7 Å². The van der Waals surface area contributed by atoms with Crippen LogP contribution >= 0.6 is 0 Å². The van der Waals surface area contributed by atoms with Gasteiger partial charge in [0, 0.05) is 24.2 Å². The number of anilines is 3. The average molecular weight is 477 g/mol. The van der Waals surface area contributed by atoms with Gasteiger partial charge in [0.2, 0.25) is 11.9 Å². The van der Waals surface area contributed by atoms with E-state index in [1.807, 2.05) is 0 Å². The molecule has 0 spiro atoms. The SMILES string of the molecule is OC1CCC(n2c(Nc3c(F)cc(F)cc3F)nc3cnc(N[C@H]4CC[C@H](O)CC4)nc32)CC1. The van der Waals surface area contributed by atoms with E-state index in [2.05, 4.69) is 25.6 Å². The number of nitrogens with zero attached hydrogens (tertiary/aromatic N) is 4. The molecule has 5 rings (SSSR count). The van der Waals surface area contributed by atoms with Crippen molar-refractivity contribution in [3.05, 3.63) is 35.8 Å². The lowest BCUT2D eigenvalue weighted by Crippen LogP contribution is -2.29. The third kappa shape index (κ3) is 4.67. The Morgan fingerprint density at radius 1 is 0.853 bits per heavy atom. The average Bonchev–Trinajstić information content (AvgIpc) is 3.16. The maximum Gasteiger partial charge on any atom is 0.224 e. The van der Waals surface area contributed by atoms with Crippen molar-refractivity contribution in [1.29, 1.82) is 0 Å². The Morgan fingerprint density at radius 3 is 2.12 bits per heavy atom. The molecule has 0 saturated heterocycles. The molecule has 4 N–H and O–H groups in total. The summed E-state index contributed by atoms with van der Waals surface area (Å²) in [4.78, 5) is 13.5. The molecule has 0 bridgehead atoms. The summed E-state index contributed by atoms with van der Waals surface area (Å²) in [5.41, 5.74) is 0.446. The van der Waals surface area contributed by atoms with Crippen LogP contribution in [0.4, 0.5) is 30.8 Å². The number of fused-ring (bicyclic) bond motifs is 1. The monoisotopic (exact) mass is 476 g/mol. The van der Waals surface area contributed by atoms with Crippen LogP contribution in [0.25, 0.3) is 11.2 Å². The molecule has 3 aromatic rings. The van der Waals surface area contributed by atoms with Crippen molar-refractivity contribution in [1.82, 2.24) is 19.5 Å². The quantitative estimate of drug-likeness (QED) is 0.438. The summed E-state index contributed by atoms with van der Waals surface area (Å²) in [7, 11) is 0. The second kappa shape index (κ2) is 9.38. The Labute approximate surface area is 194 Å². The number of hydrogen-bond acceptors (Lipinski definition) is 7. The Bertz CT molecular complexity index is 1150. The van der Waals surface area contributed by atoms with E-state index >= 15 is 0 Å². The predicted molar refractivity (Wildman–Crippen MR) is 120 cm³/mol. The first-order valence-electron chi connectivity index (χ1n) is 11.7. The molecule has 0 atom stereocenters. The molecule has 182 valence electrons. The van der Waals surface area contributed by atoms with E-state index in [-0.39, 0.29) is 30.2 Å². The lowest BCUT2D eigenvalue weighted by atomic mass is 9.93. The zero-order valence-electron chi connectivity index (χ0n) is 18.5. The number of rotatable bonds is 5. The van der Waals surface area contributed by atoms with Crippen LogP contribution in [0.2, 0.25) is 0 Å². The minimum atomic E-state index is -1.07. The van der Waals surface area contributed by atoms with E-state index in [4.69, 9.17) is 0 Å². The number of benzene rings is 1. The van der Waals surface area contributed by atoms with Gasteiger partial charge in [0.1, 0.15) is 17.0 Å². The van der Waals surface area contributed by atoms with Gasteiger partial charge in [-0.2, -0.15) is 4.98 Å². The van der Waals surface area contributed by atoms with E-state index in [1.54, 1.807) is 10.8 Å². The minimum Gasteiger partial charge on any atom is -0.393 e. The first-order valence-corrected chi connectivity index (χ1v) is 11.7. The third-order valence-corrected chi connectivity index (χ3v) is 6.74. The molecule has 1 aromatic carbocycles. The number of hydrogen-bond donors (Lipinski definition) is 4. The maximum atomic E-state index is 14.4. The summed E-state index contributed by atoms with van der Waals surface area (Å²) in [6, 6.07) is 1.26. The Hall–Kier alpha value is -2.92. The van der Waals surface area contributed by atoms with Gasteiger partial charge in [0.15, 0.2) is 17.3 Å². The smallest absolute Gasteiger partial charge is 0.224 e. The molecule has 8 nitrogen and oxygen atoms in total. The van der Waals surface area contributed by atoms with Crippen molar-refractivity contribution in [2.75, 3.05) is 10.6 Å². The zero-order valence-corrected chi connectivity index (χ0v) is 18.5. The molecule has 2 fully saturated rings. The number of aromatic nitrogens is 4. The summed E-state index contributed by atoms with van der Waals surface area (Å²) in [5.74, 6) is -2.55. The zero-order chi connectivity index (χ0) is 23.8. The largest absolute Gasteiger partial charge is 0.393 e.